The smallest absolute Gasteiger partial charge is 0.339 e. The average Bonchev–Trinajstić information content (AvgIpc) is 2.68. The highest BCUT2D eigenvalue weighted by Gasteiger charge is 2.21. The minimum atomic E-state index is -1.74. The first kappa shape index (κ1) is 21.7. The molecule has 2 aromatic carbocycles. The largest absolute Gasteiger partial charge is 0.508 e. The van der Waals surface area contributed by atoms with Crippen LogP contribution in [0.5, 0.6) is 5.75 Å². The number of ether oxygens (including phenoxy) is 1. The van der Waals surface area contributed by atoms with E-state index in [9.17, 15) is 32.7 Å². The van der Waals surface area contributed by atoms with Crippen LogP contribution in [-0.2, 0) is 14.3 Å². The molecule has 1 atom stereocenters. The number of phenolic OH excluding ortho intramolecular Hbond substituents is 1. The van der Waals surface area contributed by atoms with Gasteiger partial charge in [0.05, 0.1) is 17.8 Å². The number of carbonyl (C=O) groups is 3. The monoisotopic (exact) mass is 410 g/mol. The number of hydrogen-bond donors (Lipinski definition) is 3. The Hall–Kier alpha value is -3.56. The number of rotatable bonds is 6. The number of anilines is 1. The fourth-order valence-corrected chi connectivity index (χ4v) is 2.15. The van der Waals surface area contributed by atoms with Crippen LogP contribution in [0.3, 0.4) is 0 Å². The first-order chi connectivity index (χ1) is 13.6. The third kappa shape index (κ3) is 5.47. The second-order valence-corrected chi connectivity index (χ2v) is 6.04. The van der Waals surface area contributed by atoms with E-state index < -0.39 is 53.6 Å². The second-order valence-electron chi connectivity index (χ2n) is 6.04. The summed E-state index contributed by atoms with van der Waals surface area (Å²) < 4.78 is 44.5. The molecular weight excluding hydrogens is 393 g/mol. The zero-order chi connectivity index (χ0) is 21.7. The summed E-state index contributed by atoms with van der Waals surface area (Å²) in [5, 5.41) is 13.7. The molecule has 2 aromatic rings. The van der Waals surface area contributed by atoms with Gasteiger partial charge < -0.3 is 20.5 Å². The van der Waals surface area contributed by atoms with E-state index in [1.807, 2.05) is 5.32 Å². The fourth-order valence-electron chi connectivity index (χ4n) is 2.15. The second kappa shape index (κ2) is 9.09. The van der Waals surface area contributed by atoms with Gasteiger partial charge in [-0.25, -0.2) is 18.0 Å². The molecule has 0 fully saturated rings. The number of phenols is 1. The summed E-state index contributed by atoms with van der Waals surface area (Å²) in [6.07, 6.45) is -1.28. The van der Waals surface area contributed by atoms with E-state index in [-0.39, 0.29) is 11.3 Å². The van der Waals surface area contributed by atoms with E-state index in [0.29, 0.717) is 11.6 Å². The van der Waals surface area contributed by atoms with Crippen LogP contribution in [0, 0.1) is 24.4 Å². The number of hydrogen-bond acceptors (Lipinski definition) is 5. The molecule has 0 aliphatic carbocycles. The van der Waals surface area contributed by atoms with Crippen molar-refractivity contribution in [3.63, 3.8) is 0 Å². The van der Waals surface area contributed by atoms with Crippen LogP contribution in [0.15, 0.2) is 30.3 Å². The number of halogens is 3. The molecule has 0 heterocycles. The van der Waals surface area contributed by atoms with Crippen molar-refractivity contribution in [2.24, 2.45) is 0 Å². The molecule has 0 aliphatic rings. The van der Waals surface area contributed by atoms with E-state index in [1.165, 1.54) is 25.1 Å². The van der Waals surface area contributed by atoms with E-state index in [2.05, 4.69) is 5.32 Å². The summed E-state index contributed by atoms with van der Waals surface area (Å²) >= 11 is 0. The summed E-state index contributed by atoms with van der Waals surface area (Å²) in [5.74, 6) is -7.44. The van der Waals surface area contributed by atoms with Gasteiger partial charge in [-0.3, -0.25) is 9.59 Å². The van der Waals surface area contributed by atoms with Gasteiger partial charge in [0, 0.05) is 0 Å². The maximum atomic E-state index is 13.5. The first-order valence-electron chi connectivity index (χ1n) is 8.31. The highest BCUT2D eigenvalue weighted by atomic mass is 19.2. The topological polar surface area (TPSA) is 105 Å². The predicted octanol–water partition coefficient (Wildman–Crippen LogP) is 2.42. The van der Waals surface area contributed by atoms with E-state index in [0.717, 1.165) is 6.07 Å². The Labute approximate surface area is 163 Å². The number of aryl methyl sites for hydroxylation is 1. The van der Waals surface area contributed by atoms with Gasteiger partial charge in [-0.2, -0.15) is 0 Å². The summed E-state index contributed by atoms with van der Waals surface area (Å²) in [7, 11) is 0. The van der Waals surface area contributed by atoms with Gasteiger partial charge in [0.15, 0.2) is 23.6 Å². The molecule has 0 saturated carbocycles. The molecule has 3 N–H and O–H groups in total. The van der Waals surface area contributed by atoms with Gasteiger partial charge >= 0.3 is 5.97 Å². The van der Waals surface area contributed by atoms with Crippen molar-refractivity contribution < 1.29 is 37.4 Å². The molecule has 7 nitrogen and oxygen atoms in total. The van der Waals surface area contributed by atoms with E-state index in [1.54, 1.807) is 6.92 Å². The van der Waals surface area contributed by atoms with E-state index >= 15 is 0 Å². The predicted molar refractivity (Wildman–Crippen MR) is 95.7 cm³/mol. The lowest BCUT2D eigenvalue weighted by Gasteiger charge is -2.14. The molecule has 10 heteroatoms. The lowest BCUT2D eigenvalue weighted by Crippen LogP contribution is -2.40. The first-order valence-corrected chi connectivity index (χ1v) is 8.31. The van der Waals surface area contributed by atoms with E-state index in [4.69, 9.17) is 4.74 Å². The molecular formula is C19H17F3N2O5. The van der Waals surface area contributed by atoms with Crippen molar-refractivity contribution in [2.75, 3.05) is 11.9 Å². The summed E-state index contributed by atoms with van der Waals surface area (Å²) in [6.45, 7) is 2.26. The summed E-state index contributed by atoms with van der Waals surface area (Å²) in [5.41, 5.74) is -0.0167. The van der Waals surface area contributed by atoms with Crippen molar-refractivity contribution in [3.05, 3.63) is 58.9 Å². The fraction of sp³-hybridized carbons (Fsp3) is 0.211. The zero-order valence-electron chi connectivity index (χ0n) is 15.4. The minimum absolute atomic E-state index is 0.0271. The van der Waals surface area contributed by atoms with Crippen molar-refractivity contribution in [2.45, 2.75) is 20.0 Å². The normalized spacial score (nSPS) is 11.5. The lowest BCUT2D eigenvalue weighted by atomic mass is 10.1. The van der Waals surface area contributed by atoms with Gasteiger partial charge in [-0.05, 0) is 43.7 Å². The molecule has 1 unspecified atom stereocenters. The Bertz CT molecular complexity index is 965. The van der Waals surface area contributed by atoms with Crippen molar-refractivity contribution in [3.8, 4) is 5.75 Å². The third-order valence-corrected chi connectivity index (χ3v) is 3.83. The number of amides is 2. The minimum Gasteiger partial charge on any atom is -0.508 e. The van der Waals surface area contributed by atoms with Crippen LogP contribution in [0.25, 0.3) is 0 Å². The molecule has 0 bridgehead atoms. The highest BCUT2D eigenvalue weighted by molar-refractivity contribution is 5.96. The highest BCUT2D eigenvalue weighted by Crippen LogP contribution is 2.20. The number of aromatic hydroxyl groups is 1. The Balaban J connectivity index is 1.87. The average molecular weight is 410 g/mol. The van der Waals surface area contributed by atoms with Crippen LogP contribution in [0.1, 0.15) is 22.8 Å². The summed E-state index contributed by atoms with van der Waals surface area (Å²) in [6, 6.07) is 5.56. The number of benzene rings is 2. The third-order valence-electron chi connectivity index (χ3n) is 3.83. The van der Waals surface area contributed by atoms with Gasteiger partial charge in [0.25, 0.3) is 5.91 Å². The SMILES string of the molecule is Cc1ccc(C(=O)OC(C)C(=O)NCC(=O)Nc2ccc(F)c(F)c2F)cc1O. The van der Waals surface area contributed by atoms with Crippen LogP contribution >= 0.6 is 0 Å². The number of nitrogens with one attached hydrogen (secondary N) is 2. The van der Waals surface area contributed by atoms with Crippen molar-refractivity contribution in [1.29, 1.82) is 0 Å². The van der Waals surface area contributed by atoms with Crippen LogP contribution in [-0.4, -0.2) is 35.5 Å². The standard InChI is InChI=1S/C19H17F3N2O5/c1-9-3-4-11(7-14(9)25)19(28)29-10(2)18(27)23-8-15(26)24-13-6-5-12(20)16(21)17(13)22/h3-7,10,25H,8H2,1-2H3,(H,23,27)(H,24,26). The van der Waals surface area contributed by atoms with Crippen LogP contribution in [0.4, 0.5) is 18.9 Å². The number of esters is 1. The molecule has 0 aliphatic heterocycles. The lowest BCUT2D eigenvalue weighted by molar-refractivity contribution is -0.130. The van der Waals surface area contributed by atoms with Gasteiger partial charge in [-0.1, -0.05) is 6.07 Å². The van der Waals surface area contributed by atoms with Gasteiger partial charge in [-0.15, -0.1) is 0 Å². The molecule has 2 rings (SSSR count). The molecule has 0 saturated heterocycles. The molecule has 0 aromatic heterocycles. The molecule has 154 valence electrons. The van der Waals surface area contributed by atoms with Gasteiger partial charge in [0.2, 0.25) is 5.91 Å². The Morgan fingerprint density at radius 2 is 1.79 bits per heavy atom. The maximum absolute atomic E-state index is 13.5. The van der Waals surface area contributed by atoms with Crippen molar-refractivity contribution in [1.82, 2.24) is 5.32 Å². The van der Waals surface area contributed by atoms with Crippen LogP contribution in [0.2, 0.25) is 0 Å². The quantitative estimate of drug-likeness (QED) is 0.501. The Morgan fingerprint density at radius 3 is 2.45 bits per heavy atom. The molecule has 0 radical (unpaired) electrons. The molecule has 29 heavy (non-hydrogen) atoms. The van der Waals surface area contributed by atoms with Gasteiger partial charge in [0.1, 0.15) is 5.75 Å². The molecule has 2 amide bonds. The van der Waals surface area contributed by atoms with Crippen molar-refractivity contribution >= 4 is 23.5 Å². The Morgan fingerprint density at radius 1 is 1.10 bits per heavy atom. The maximum Gasteiger partial charge on any atom is 0.339 e. The Kier molecular flexibility index (Phi) is 6.81. The summed E-state index contributed by atoms with van der Waals surface area (Å²) in [4.78, 5) is 35.7. The molecule has 0 spiro atoms. The zero-order valence-corrected chi connectivity index (χ0v) is 15.4. The van der Waals surface area contributed by atoms with Crippen LogP contribution < -0.4 is 10.6 Å². The number of carbonyl (C=O) groups excluding carboxylic acids is 3.